The summed E-state index contributed by atoms with van der Waals surface area (Å²) in [6, 6.07) is 7.51. The number of carbonyl (C=O) groups excluding carboxylic acids is 1. The van der Waals surface area contributed by atoms with E-state index in [0.717, 1.165) is 44.2 Å². The number of amides is 1. The Morgan fingerprint density at radius 1 is 1.27 bits per heavy atom. The van der Waals surface area contributed by atoms with Gasteiger partial charge in [-0.1, -0.05) is 26.0 Å². The van der Waals surface area contributed by atoms with Crippen LogP contribution in [0.25, 0.3) is 0 Å². The highest BCUT2D eigenvalue weighted by Crippen LogP contribution is 2.06. The van der Waals surface area contributed by atoms with Gasteiger partial charge in [0.15, 0.2) is 5.96 Å². The summed E-state index contributed by atoms with van der Waals surface area (Å²) in [5.41, 5.74) is 1.65. The summed E-state index contributed by atoms with van der Waals surface area (Å²) in [6.45, 7) is 10.0. The van der Waals surface area contributed by atoms with Crippen molar-refractivity contribution in [3.63, 3.8) is 0 Å². The summed E-state index contributed by atoms with van der Waals surface area (Å²) in [5, 5.41) is 9.17. The first kappa shape index (κ1) is 24.7. The van der Waals surface area contributed by atoms with Crippen LogP contribution in [0.1, 0.15) is 43.1 Å². The van der Waals surface area contributed by atoms with Gasteiger partial charge in [-0.2, -0.15) is 0 Å². The molecule has 3 N–H and O–H groups in total. The number of aliphatic imine (C=N–C) groups is 1. The Morgan fingerprint density at radius 2 is 2.04 bits per heavy atom. The van der Waals surface area contributed by atoms with E-state index in [1.54, 1.807) is 13.1 Å². The minimum Gasteiger partial charge on any atom is -0.381 e. The number of nitrogens with zero attached hydrogens (tertiary/aromatic N) is 1. The normalized spacial score (nSPS) is 11.0. The van der Waals surface area contributed by atoms with Crippen LogP contribution in [0.15, 0.2) is 29.3 Å². The number of nitrogens with one attached hydrogen (secondary N) is 3. The molecule has 0 aliphatic rings. The minimum atomic E-state index is -0.0859. The average Bonchev–Trinajstić information content (AvgIpc) is 2.61. The lowest BCUT2D eigenvalue weighted by molar-refractivity contribution is 0.0963. The molecule has 1 aromatic carbocycles. The van der Waals surface area contributed by atoms with Gasteiger partial charge >= 0.3 is 0 Å². The maximum atomic E-state index is 11.7. The zero-order valence-electron chi connectivity index (χ0n) is 16.3. The van der Waals surface area contributed by atoms with Gasteiger partial charge in [0.2, 0.25) is 0 Å². The predicted octanol–water partition coefficient (Wildman–Crippen LogP) is 2.78. The molecule has 0 fully saturated rings. The lowest BCUT2D eigenvalue weighted by Gasteiger charge is -2.12. The number of ether oxygens (including phenoxy) is 1. The fourth-order valence-electron chi connectivity index (χ4n) is 2.17. The third-order valence-corrected chi connectivity index (χ3v) is 3.39. The maximum absolute atomic E-state index is 11.7. The van der Waals surface area contributed by atoms with Gasteiger partial charge in [0.1, 0.15) is 0 Å². The number of rotatable bonds is 10. The number of halogens is 1. The van der Waals surface area contributed by atoms with Gasteiger partial charge in [0.25, 0.3) is 5.91 Å². The molecular formula is C19H33IN4O2. The largest absolute Gasteiger partial charge is 0.381 e. The molecule has 0 aliphatic heterocycles. The van der Waals surface area contributed by atoms with E-state index in [1.165, 1.54) is 0 Å². The van der Waals surface area contributed by atoms with Crippen molar-refractivity contribution < 1.29 is 9.53 Å². The molecule has 0 atom stereocenters. The second-order valence-electron chi connectivity index (χ2n) is 6.22. The van der Waals surface area contributed by atoms with Crippen molar-refractivity contribution >= 4 is 35.8 Å². The summed E-state index contributed by atoms with van der Waals surface area (Å²) in [4.78, 5) is 16.3. The molecule has 7 heteroatoms. The zero-order chi connectivity index (χ0) is 18.5. The smallest absolute Gasteiger partial charge is 0.251 e. The Balaban J connectivity index is 0.00000625. The summed E-state index contributed by atoms with van der Waals surface area (Å²) in [5.74, 6) is 1.26. The van der Waals surface area contributed by atoms with Crippen LogP contribution in [0.4, 0.5) is 0 Å². The molecule has 0 unspecified atom stereocenters. The van der Waals surface area contributed by atoms with Gasteiger partial charge in [-0.05, 0) is 37.0 Å². The van der Waals surface area contributed by atoms with Gasteiger partial charge in [-0.15, -0.1) is 24.0 Å². The summed E-state index contributed by atoms with van der Waals surface area (Å²) in [6.07, 6.45) is 0.934. The first-order valence-electron chi connectivity index (χ1n) is 8.97. The lowest BCUT2D eigenvalue weighted by Crippen LogP contribution is -2.38. The maximum Gasteiger partial charge on any atom is 0.251 e. The molecule has 1 aromatic rings. The Hall–Kier alpha value is -1.35. The van der Waals surface area contributed by atoms with Crippen LogP contribution < -0.4 is 16.0 Å². The number of hydrogen-bond donors (Lipinski definition) is 3. The number of guanidine groups is 1. The number of hydrogen-bond acceptors (Lipinski definition) is 3. The molecule has 0 spiro atoms. The van der Waals surface area contributed by atoms with E-state index in [9.17, 15) is 4.79 Å². The molecule has 0 saturated carbocycles. The number of benzene rings is 1. The van der Waals surface area contributed by atoms with E-state index in [2.05, 4.69) is 34.8 Å². The van der Waals surface area contributed by atoms with Crippen molar-refractivity contribution in [2.24, 2.45) is 10.9 Å². The van der Waals surface area contributed by atoms with Gasteiger partial charge in [0.05, 0.1) is 6.54 Å². The Labute approximate surface area is 174 Å². The monoisotopic (exact) mass is 476 g/mol. The van der Waals surface area contributed by atoms with Crippen LogP contribution >= 0.6 is 24.0 Å². The standard InChI is InChI=1S/C19H32N4O2.HI/c1-5-21-19(22-10-7-11-25-14-15(2)3)23-13-16-8-6-9-17(12-16)18(24)20-4;/h6,8-9,12,15H,5,7,10-11,13-14H2,1-4H3,(H,20,24)(H2,21,22,23);1H. The molecule has 0 aliphatic carbocycles. The molecule has 148 valence electrons. The molecule has 0 aromatic heterocycles. The lowest BCUT2D eigenvalue weighted by atomic mass is 10.1. The van der Waals surface area contributed by atoms with E-state index >= 15 is 0 Å². The van der Waals surface area contributed by atoms with Gasteiger partial charge in [-0.25, -0.2) is 4.99 Å². The van der Waals surface area contributed by atoms with Gasteiger partial charge in [-0.3, -0.25) is 4.79 Å². The predicted molar refractivity (Wildman–Crippen MR) is 118 cm³/mol. The molecule has 1 rings (SSSR count). The second kappa shape index (κ2) is 14.8. The Morgan fingerprint density at radius 3 is 2.69 bits per heavy atom. The van der Waals surface area contributed by atoms with Crippen LogP contribution in [0.3, 0.4) is 0 Å². The van der Waals surface area contributed by atoms with Crippen molar-refractivity contribution in [2.75, 3.05) is 33.4 Å². The molecule has 6 nitrogen and oxygen atoms in total. The third kappa shape index (κ3) is 10.6. The quantitative estimate of drug-likeness (QED) is 0.210. The van der Waals surface area contributed by atoms with Crippen molar-refractivity contribution in [1.29, 1.82) is 0 Å². The Kier molecular flexibility index (Phi) is 14.0. The molecule has 26 heavy (non-hydrogen) atoms. The minimum absolute atomic E-state index is 0. The van der Waals surface area contributed by atoms with Crippen LogP contribution in [0.5, 0.6) is 0 Å². The van der Waals surface area contributed by atoms with E-state index < -0.39 is 0 Å². The van der Waals surface area contributed by atoms with Crippen LogP contribution in [0.2, 0.25) is 0 Å². The Bertz CT molecular complexity index is 550. The van der Waals surface area contributed by atoms with Crippen LogP contribution in [-0.4, -0.2) is 45.2 Å². The first-order valence-corrected chi connectivity index (χ1v) is 8.97. The van der Waals surface area contributed by atoms with E-state index in [-0.39, 0.29) is 29.9 Å². The summed E-state index contributed by atoms with van der Waals surface area (Å²) < 4.78 is 5.57. The molecule has 0 heterocycles. The van der Waals surface area contributed by atoms with Crippen molar-refractivity contribution in [3.8, 4) is 0 Å². The molecule has 0 bridgehead atoms. The fourth-order valence-corrected chi connectivity index (χ4v) is 2.17. The molecule has 0 radical (unpaired) electrons. The molecule has 1 amide bonds. The van der Waals surface area contributed by atoms with Crippen LogP contribution in [-0.2, 0) is 11.3 Å². The van der Waals surface area contributed by atoms with Crippen molar-refractivity contribution in [1.82, 2.24) is 16.0 Å². The van der Waals surface area contributed by atoms with E-state index in [0.29, 0.717) is 18.0 Å². The van der Waals surface area contributed by atoms with Crippen LogP contribution in [0, 0.1) is 5.92 Å². The van der Waals surface area contributed by atoms with E-state index in [1.807, 2.05) is 25.1 Å². The first-order chi connectivity index (χ1) is 12.1. The van der Waals surface area contributed by atoms with Crippen molar-refractivity contribution in [2.45, 2.75) is 33.7 Å². The molecule has 0 saturated heterocycles. The average molecular weight is 476 g/mol. The topological polar surface area (TPSA) is 74.8 Å². The highest BCUT2D eigenvalue weighted by molar-refractivity contribution is 14.0. The summed E-state index contributed by atoms with van der Waals surface area (Å²) in [7, 11) is 1.63. The van der Waals surface area contributed by atoms with E-state index in [4.69, 9.17) is 4.74 Å². The zero-order valence-corrected chi connectivity index (χ0v) is 18.6. The summed E-state index contributed by atoms with van der Waals surface area (Å²) >= 11 is 0. The third-order valence-electron chi connectivity index (χ3n) is 3.39. The fraction of sp³-hybridized carbons (Fsp3) is 0.579. The molecular weight excluding hydrogens is 443 g/mol. The number of carbonyl (C=O) groups is 1. The second-order valence-corrected chi connectivity index (χ2v) is 6.22. The highest BCUT2D eigenvalue weighted by Gasteiger charge is 2.04. The van der Waals surface area contributed by atoms with Gasteiger partial charge < -0.3 is 20.7 Å². The van der Waals surface area contributed by atoms with Gasteiger partial charge in [0, 0.05) is 38.9 Å². The highest BCUT2D eigenvalue weighted by atomic mass is 127. The van der Waals surface area contributed by atoms with Crippen molar-refractivity contribution in [3.05, 3.63) is 35.4 Å². The SMILES string of the molecule is CCNC(=NCc1cccc(C(=O)NC)c1)NCCCOCC(C)C.I.